The van der Waals surface area contributed by atoms with E-state index in [-0.39, 0.29) is 10.9 Å². The number of amides is 1. The maximum atomic E-state index is 13.5. The number of carbonyl (C=O) groups excluding carboxylic acids is 1. The van der Waals surface area contributed by atoms with Gasteiger partial charge in [-0.15, -0.1) is 0 Å². The molecule has 0 unspecified atom stereocenters. The molecule has 0 aromatic heterocycles. The van der Waals surface area contributed by atoms with E-state index >= 15 is 0 Å². The molecule has 2 N–H and O–H groups in total. The van der Waals surface area contributed by atoms with Crippen LogP contribution in [0.1, 0.15) is 27.9 Å². The fourth-order valence-electron chi connectivity index (χ4n) is 3.07. The number of nitrogens with two attached hydrogens (primary N) is 1. The van der Waals surface area contributed by atoms with Gasteiger partial charge in [-0.3, -0.25) is 4.79 Å². The van der Waals surface area contributed by atoms with Gasteiger partial charge in [-0.1, -0.05) is 60.1 Å². The molecule has 0 aliphatic heterocycles. The Hall–Kier alpha value is -2.89. The van der Waals surface area contributed by atoms with E-state index in [0.29, 0.717) is 44.0 Å². The number of para-hydroxylation sites is 1. The summed E-state index contributed by atoms with van der Waals surface area (Å²) >= 11 is 5.90. The van der Waals surface area contributed by atoms with Crippen molar-refractivity contribution in [2.75, 3.05) is 13.1 Å². The van der Waals surface area contributed by atoms with Gasteiger partial charge in [0.25, 0.3) is 5.91 Å². The van der Waals surface area contributed by atoms with Gasteiger partial charge in [0.15, 0.2) is 0 Å². The first-order valence-corrected chi connectivity index (χ1v) is 10.2. The molecular weight excluding hydrogens is 403 g/mol. The first kappa shape index (κ1) is 21.8. The highest BCUT2D eigenvalue weighted by molar-refractivity contribution is 6.30. The van der Waals surface area contributed by atoms with Crippen LogP contribution >= 0.6 is 11.6 Å². The van der Waals surface area contributed by atoms with Crippen LogP contribution in [-0.4, -0.2) is 23.9 Å². The molecule has 3 aromatic carbocycles. The van der Waals surface area contributed by atoms with Crippen LogP contribution in [0.15, 0.2) is 72.8 Å². The molecule has 0 spiro atoms. The van der Waals surface area contributed by atoms with E-state index in [9.17, 15) is 9.18 Å². The minimum Gasteiger partial charge on any atom is -0.488 e. The van der Waals surface area contributed by atoms with Crippen LogP contribution in [0.25, 0.3) is 0 Å². The van der Waals surface area contributed by atoms with Crippen LogP contribution in [0.4, 0.5) is 4.39 Å². The minimum atomic E-state index is -0.486. The number of benzene rings is 3. The lowest BCUT2D eigenvalue weighted by Gasteiger charge is -2.24. The Morgan fingerprint density at radius 2 is 1.73 bits per heavy atom. The summed E-state index contributed by atoms with van der Waals surface area (Å²) in [6, 6.07) is 21.4. The molecular formula is C24H24ClFN2O2. The predicted octanol–water partition coefficient (Wildman–Crippen LogP) is 5.05. The monoisotopic (exact) mass is 426 g/mol. The topological polar surface area (TPSA) is 55.6 Å². The lowest BCUT2D eigenvalue weighted by molar-refractivity contribution is 0.0737. The average molecular weight is 427 g/mol. The summed E-state index contributed by atoms with van der Waals surface area (Å²) in [6.45, 7) is 1.59. The van der Waals surface area contributed by atoms with Crippen LogP contribution in [0, 0.1) is 5.82 Å². The van der Waals surface area contributed by atoms with Crippen molar-refractivity contribution >= 4 is 17.5 Å². The number of nitrogens with zero attached hydrogens (tertiary/aromatic N) is 1. The van der Waals surface area contributed by atoms with E-state index in [2.05, 4.69) is 0 Å². The molecule has 0 aliphatic rings. The average Bonchev–Trinajstić information content (AvgIpc) is 2.78. The predicted molar refractivity (Wildman–Crippen MR) is 117 cm³/mol. The summed E-state index contributed by atoms with van der Waals surface area (Å²) in [6.07, 6.45) is 0.647. The molecule has 0 fully saturated rings. The van der Waals surface area contributed by atoms with Crippen LogP contribution < -0.4 is 10.5 Å². The van der Waals surface area contributed by atoms with Crippen LogP contribution in [-0.2, 0) is 13.2 Å². The third-order valence-electron chi connectivity index (χ3n) is 4.63. The highest BCUT2D eigenvalue weighted by atomic mass is 35.5. The smallest absolute Gasteiger partial charge is 0.257 e. The van der Waals surface area contributed by atoms with Gasteiger partial charge < -0.3 is 15.4 Å². The summed E-state index contributed by atoms with van der Waals surface area (Å²) in [7, 11) is 0. The fourth-order valence-corrected chi connectivity index (χ4v) is 3.27. The molecule has 156 valence electrons. The minimum absolute atomic E-state index is 0.0327. The van der Waals surface area contributed by atoms with Gasteiger partial charge in [0.05, 0.1) is 10.6 Å². The van der Waals surface area contributed by atoms with Crippen LogP contribution in [0.5, 0.6) is 5.75 Å². The number of halogens is 2. The molecule has 0 aliphatic carbocycles. The number of rotatable bonds is 9. The maximum Gasteiger partial charge on any atom is 0.257 e. The molecule has 6 heteroatoms. The van der Waals surface area contributed by atoms with Gasteiger partial charge >= 0.3 is 0 Å². The summed E-state index contributed by atoms with van der Waals surface area (Å²) < 4.78 is 19.4. The number of hydrogen-bond donors (Lipinski definition) is 1. The summed E-state index contributed by atoms with van der Waals surface area (Å²) in [4.78, 5) is 15.0. The molecule has 1 amide bonds. The number of ether oxygens (including phenoxy) is 1. The molecule has 4 nitrogen and oxygen atoms in total. The second-order valence-corrected chi connectivity index (χ2v) is 7.30. The lowest BCUT2D eigenvalue weighted by atomic mass is 10.1. The van der Waals surface area contributed by atoms with Crippen molar-refractivity contribution in [2.45, 2.75) is 19.6 Å². The first-order valence-electron chi connectivity index (χ1n) is 9.77. The van der Waals surface area contributed by atoms with E-state index in [0.717, 1.165) is 11.1 Å². The van der Waals surface area contributed by atoms with Gasteiger partial charge in [0, 0.05) is 13.1 Å². The largest absolute Gasteiger partial charge is 0.488 e. The number of carbonyl (C=O) groups is 1. The van der Waals surface area contributed by atoms with Crippen molar-refractivity contribution in [3.8, 4) is 5.75 Å². The van der Waals surface area contributed by atoms with Crippen molar-refractivity contribution < 1.29 is 13.9 Å². The Balaban J connectivity index is 1.80. The lowest BCUT2D eigenvalue weighted by Crippen LogP contribution is -2.33. The second kappa shape index (κ2) is 10.8. The van der Waals surface area contributed by atoms with Crippen molar-refractivity contribution in [2.24, 2.45) is 5.73 Å². The van der Waals surface area contributed by atoms with Crippen LogP contribution in [0.3, 0.4) is 0 Å². The molecule has 0 atom stereocenters. The van der Waals surface area contributed by atoms with Gasteiger partial charge in [-0.2, -0.15) is 0 Å². The zero-order valence-electron chi connectivity index (χ0n) is 16.6. The van der Waals surface area contributed by atoms with Crippen molar-refractivity contribution in [1.82, 2.24) is 4.90 Å². The third-order valence-corrected chi connectivity index (χ3v) is 4.92. The van der Waals surface area contributed by atoms with Gasteiger partial charge in [-0.05, 0) is 48.4 Å². The van der Waals surface area contributed by atoms with Gasteiger partial charge in [-0.25, -0.2) is 4.39 Å². The third kappa shape index (κ3) is 5.81. The van der Waals surface area contributed by atoms with Gasteiger partial charge in [0.2, 0.25) is 0 Å². The summed E-state index contributed by atoms with van der Waals surface area (Å²) in [5, 5.41) is 0.0327. The van der Waals surface area contributed by atoms with E-state index < -0.39 is 5.82 Å². The van der Waals surface area contributed by atoms with E-state index in [4.69, 9.17) is 22.1 Å². The standard InChI is InChI=1S/C24H24ClFN2O2/c25-21-15-19(11-12-22(21)26)16-28(14-6-13-27)24(29)20-9-4-5-10-23(20)30-17-18-7-2-1-3-8-18/h1-5,7-12,15H,6,13-14,16-17,27H2. The van der Waals surface area contributed by atoms with Crippen LogP contribution in [0.2, 0.25) is 5.02 Å². The zero-order chi connectivity index (χ0) is 21.3. The fraction of sp³-hybridized carbons (Fsp3) is 0.208. The Labute approximate surface area is 181 Å². The SMILES string of the molecule is NCCCN(Cc1ccc(F)c(Cl)c1)C(=O)c1ccccc1OCc1ccccc1. The molecule has 3 rings (SSSR count). The first-order chi connectivity index (χ1) is 14.6. The quantitative estimate of drug-likeness (QED) is 0.521. The summed E-state index contributed by atoms with van der Waals surface area (Å²) in [5.74, 6) is -0.145. The Bertz CT molecular complexity index is 982. The molecule has 0 bridgehead atoms. The Morgan fingerprint density at radius 3 is 2.47 bits per heavy atom. The highest BCUT2D eigenvalue weighted by Gasteiger charge is 2.20. The van der Waals surface area contributed by atoms with Gasteiger partial charge in [0.1, 0.15) is 18.2 Å². The van der Waals surface area contributed by atoms with Crippen molar-refractivity contribution in [3.63, 3.8) is 0 Å². The number of hydrogen-bond acceptors (Lipinski definition) is 3. The van der Waals surface area contributed by atoms with Crippen molar-refractivity contribution in [3.05, 3.63) is 100 Å². The molecule has 0 heterocycles. The van der Waals surface area contributed by atoms with E-state index in [1.165, 1.54) is 12.1 Å². The second-order valence-electron chi connectivity index (χ2n) is 6.89. The molecule has 0 radical (unpaired) electrons. The normalized spacial score (nSPS) is 10.6. The summed E-state index contributed by atoms with van der Waals surface area (Å²) in [5.41, 5.74) is 7.89. The van der Waals surface area contributed by atoms with Crippen molar-refractivity contribution in [1.29, 1.82) is 0 Å². The van der Waals surface area contributed by atoms with E-state index in [1.807, 2.05) is 36.4 Å². The zero-order valence-corrected chi connectivity index (χ0v) is 17.3. The Morgan fingerprint density at radius 1 is 1.00 bits per heavy atom. The highest BCUT2D eigenvalue weighted by Crippen LogP contribution is 2.23. The molecule has 0 saturated carbocycles. The molecule has 30 heavy (non-hydrogen) atoms. The molecule has 3 aromatic rings. The Kier molecular flexibility index (Phi) is 7.82. The van der Waals surface area contributed by atoms with E-state index in [1.54, 1.807) is 29.2 Å². The molecule has 0 saturated heterocycles. The maximum absolute atomic E-state index is 13.5.